The topological polar surface area (TPSA) is 62.5 Å². The smallest absolute Gasteiger partial charge is 0.254 e. The van der Waals surface area contributed by atoms with Crippen molar-refractivity contribution < 1.29 is 14.3 Å². The molecule has 1 aliphatic carbocycles. The Labute approximate surface area is 101 Å². The van der Waals surface area contributed by atoms with E-state index in [-0.39, 0.29) is 12.0 Å². The van der Waals surface area contributed by atoms with Crippen LogP contribution in [0.4, 0.5) is 0 Å². The van der Waals surface area contributed by atoms with Crippen LogP contribution in [0, 0.1) is 12.8 Å². The van der Waals surface area contributed by atoms with Gasteiger partial charge >= 0.3 is 0 Å². The van der Waals surface area contributed by atoms with Crippen LogP contribution in [-0.4, -0.2) is 23.7 Å². The van der Waals surface area contributed by atoms with Crippen LogP contribution in [0.5, 0.6) is 0 Å². The molecule has 1 aromatic rings. The van der Waals surface area contributed by atoms with E-state index < -0.39 is 0 Å². The molecule has 4 heteroatoms. The zero-order valence-electron chi connectivity index (χ0n) is 10.1. The van der Waals surface area contributed by atoms with Crippen molar-refractivity contribution in [3.05, 3.63) is 23.7 Å². The predicted octanol–water partition coefficient (Wildman–Crippen LogP) is 1.87. The van der Waals surface area contributed by atoms with E-state index in [0.717, 1.165) is 25.7 Å². The first-order valence-corrected chi connectivity index (χ1v) is 6.17. The van der Waals surface area contributed by atoms with Crippen LogP contribution >= 0.6 is 0 Å². The summed E-state index contributed by atoms with van der Waals surface area (Å²) in [6, 6.07) is 1.69. The van der Waals surface area contributed by atoms with Gasteiger partial charge in [-0.25, -0.2) is 0 Å². The summed E-state index contributed by atoms with van der Waals surface area (Å²) in [5, 5.41) is 12.3. The highest BCUT2D eigenvalue weighted by atomic mass is 16.3. The largest absolute Gasteiger partial charge is 0.469 e. The van der Waals surface area contributed by atoms with Crippen LogP contribution in [0.3, 0.4) is 0 Å². The van der Waals surface area contributed by atoms with Crippen molar-refractivity contribution in [2.75, 3.05) is 6.54 Å². The van der Waals surface area contributed by atoms with E-state index in [1.807, 2.05) is 0 Å². The Kier molecular flexibility index (Phi) is 3.84. The lowest BCUT2D eigenvalue weighted by Crippen LogP contribution is -2.32. The van der Waals surface area contributed by atoms with Gasteiger partial charge in [-0.1, -0.05) is 0 Å². The Hall–Kier alpha value is -1.29. The van der Waals surface area contributed by atoms with E-state index in [1.54, 1.807) is 13.0 Å². The number of aryl methyl sites for hydroxylation is 1. The number of nitrogens with one attached hydrogen (secondary N) is 1. The van der Waals surface area contributed by atoms with Gasteiger partial charge in [0.05, 0.1) is 17.9 Å². The molecule has 4 nitrogen and oxygen atoms in total. The van der Waals surface area contributed by atoms with E-state index >= 15 is 0 Å². The Morgan fingerprint density at radius 2 is 2.18 bits per heavy atom. The summed E-state index contributed by atoms with van der Waals surface area (Å²) in [7, 11) is 0. The van der Waals surface area contributed by atoms with Gasteiger partial charge in [0.1, 0.15) is 5.76 Å². The third kappa shape index (κ3) is 3.09. The van der Waals surface area contributed by atoms with Gasteiger partial charge in [-0.05, 0) is 44.6 Å². The molecule has 1 amide bonds. The second-order valence-electron chi connectivity index (χ2n) is 4.78. The Bertz CT molecular complexity index is 378. The average molecular weight is 237 g/mol. The van der Waals surface area contributed by atoms with Gasteiger partial charge in [0, 0.05) is 6.54 Å². The maximum Gasteiger partial charge on any atom is 0.254 e. The molecule has 0 bridgehead atoms. The van der Waals surface area contributed by atoms with E-state index in [0.29, 0.717) is 23.8 Å². The number of furan rings is 1. The molecule has 0 unspecified atom stereocenters. The Balaban J connectivity index is 1.79. The van der Waals surface area contributed by atoms with Crippen LogP contribution in [0.1, 0.15) is 41.8 Å². The van der Waals surface area contributed by atoms with Crippen LogP contribution in [0.15, 0.2) is 16.7 Å². The molecule has 1 saturated carbocycles. The summed E-state index contributed by atoms with van der Waals surface area (Å²) >= 11 is 0. The normalized spacial score (nSPS) is 24.6. The number of carbonyl (C=O) groups excluding carboxylic acids is 1. The standard InChI is InChI=1S/C13H19NO3/c1-9-12(6-7-17-9)13(16)14-8-10-2-4-11(15)5-3-10/h6-7,10-11,15H,2-5,8H2,1H3,(H,14,16). The minimum absolute atomic E-state index is 0.0672. The fraction of sp³-hybridized carbons (Fsp3) is 0.615. The molecule has 1 aliphatic rings. The summed E-state index contributed by atoms with van der Waals surface area (Å²) in [5.41, 5.74) is 0.612. The van der Waals surface area contributed by atoms with Crippen LogP contribution in [0.2, 0.25) is 0 Å². The van der Waals surface area contributed by atoms with Crippen molar-refractivity contribution in [3.63, 3.8) is 0 Å². The van der Waals surface area contributed by atoms with Gasteiger partial charge in [0.15, 0.2) is 0 Å². The van der Waals surface area contributed by atoms with E-state index in [4.69, 9.17) is 4.42 Å². The van der Waals surface area contributed by atoms with Crippen molar-refractivity contribution in [3.8, 4) is 0 Å². The highest BCUT2D eigenvalue weighted by Gasteiger charge is 2.20. The number of carbonyl (C=O) groups is 1. The maximum absolute atomic E-state index is 11.8. The molecule has 0 aliphatic heterocycles. The van der Waals surface area contributed by atoms with Crippen molar-refractivity contribution in [1.82, 2.24) is 5.32 Å². The second kappa shape index (κ2) is 5.36. The third-order valence-electron chi connectivity index (χ3n) is 3.47. The maximum atomic E-state index is 11.8. The molecule has 0 aromatic carbocycles. The van der Waals surface area contributed by atoms with Crippen molar-refractivity contribution in [2.45, 2.75) is 38.7 Å². The lowest BCUT2D eigenvalue weighted by atomic mass is 9.87. The summed E-state index contributed by atoms with van der Waals surface area (Å²) in [6.45, 7) is 2.47. The first-order valence-electron chi connectivity index (χ1n) is 6.17. The molecule has 0 atom stereocenters. The van der Waals surface area contributed by atoms with Crippen LogP contribution in [0.25, 0.3) is 0 Å². The summed E-state index contributed by atoms with van der Waals surface area (Å²) < 4.78 is 5.10. The Morgan fingerprint density at radius 3 is 2.76 bits per heavy atom. The quantitative estimate of drug-likeness (QED) is 0.843. The number of rotatable bonds is 3. The number of amides is 1. The molecule has 2 N–H and O–H groups in total. The zero-order chi connectivity index (χ0) is 12.3. The fourth-order valence-corrected chi connectivity index (χ4v) is 2.30. The Morgan fingerprint density at radius 1 is 1.47 bits per heavy atom. The van der Waals surface area contributed by atoms with Crippen molar-refractivity contribution in [2.24, 2.45) is 5.92 Å². The molecule has 0 spiro atoms. The highest BCUT2D eigenvalue weighted by Crippen LogP contribution is 2.23. The number of aliphatic hydroxyl groups excluding tert-OH is 1. The SMILES string of the molecule is Cc1occc1C(=O)NCC1CCC(O)CC1. The summed E-state index contributed by atoms with van der Waals surface area (Å²) in [6.07, 6.45) is 5.08. The third-order valence-corrected chi connectivity index (χ3v) is 3.47. The average Bonchev–Trinajstić information content (AvgIpc) is 2.74. The van der Waals surface area contributed by atoms with Crippen LogP contribution in [-0.2, 0) is 0 Å². The molecule has 0 radical (unpaired) electrons. The summed E-state index contributed by atoms with van der Waals surface area (Å²) in [5.74, 6) is 1.08. The second-order valence-corrected chi connectivity index (χ2v) is 4.78. The minimum atomic E-state index is -0.141. The molecule has 1 fully saturated rings. The molecular formula is C13H19NO3. The minimum Gasteiger partial charge on any atom is -0.469 e. The van der Waals surface area contributed by atoms with E-state index in [9.17, 15) is 9.90 Å². The molecule has 0 saturated heterocycles. The first-order chi connectivity index (χ1) is 8.16. The molecule has 1 heterocycles. The van der Waals surface area contributed by atoms with Gasteiger partial charge in [-0.15, -0.1) is 0 Å². The number of aliphatic hydroxyl groups is 1. The lowest BCUT2D eigenvalue weighted by Gasteiger charge is -2.25. The van der Waals surface area contributed by atoms with Gasteiger partial charge in [-0.3, -0.25) is 4.79 Å². The monoisotopic (exact) mass is 237 g/mol. The lowest BCUT2D eigenvalue weighted by molar-refractivity contribution is 0.0909. The van der Waals surface area contributed by atoms with E-state index in [2.05, 4.69) is 5.32 Å². The predicted molar refractivity (Wildman–Crippen MR) is 63.7 cm³/mol. The van der Waals surface area contributed by atoms with Crippen LogP contribution < -0.4 is 5.32 Å². The molecule has 17 heavy (non-hydrogen) atoms. The highest BCUT2D eigenvalue weighted by molar-refractivity contribution is 5.94. The van der Waals surface area contributed by atoms with Gasteiger partial charge in [0.2, 0.25) is 0 Å². The van der Waals surface area contributed by atoms with Gasteiger partial charge in [0.25, 0.3) is 5.91 Å². The molecule has 2 rings (SSSR count). The molecular weight excluding hydrogens is 218 g/mol. The summed E-state index contributed by atoms with van der Waals surface area (Å²) in [4.78, 5) is 11.8. The van der Waals surface area contributed by atoms with Gasteiger partial charge in [-0.2, -0.15) is 0 Å². The number of hydrogen-bond acceptors (Lipinski definition) is 3. The number of hydrogen-bond donors (Lipinski definition) is 2. The van der Waals surface area contributed by atoms with Gasteiger partial charge < -0.3 is 14.8 Å². The molecule has 94 valence electrons. The molecule has 1 aromatic heterocycles. The zero-order valence-corrected chi connectivity index (χ0v) is 10.1. The van der Waals surface area contributed by atoms with Crippen molar-refractivity contribution >= 4 is 5.91 Å². The first kappa shape index (κ1) is 12.2. The fourth-order valence-electron chi connectivity index (χ4n) is 2.30. The van der Waals surface area contributed by atoms with E-state index in [1.165, 1.54) is 6.26 Å². The van der Waals surface area contributed by atoms with Crippen molar-refractivity contribution in [1.29, 1.82) is 0 Å².